The average Bonchev–Trinajstić information content (AvgIpc) is 2.71. The van der Waals surface area contributed by atoms with Crippen LogP contribution in [0, 0.1) is 0 Å². The zero-order chi connectivity index (χ0) is 20.1. The SMILES string of the molecule is CN(C(=O)Oc1ccc(Cl)cc1C(=O)Nc1ccc(Br)cc1)c1ccccc1. The first-order valence-electron chi connectivity index (χ1n) is 8.31. The molecule has 5 nitrogen and oxygen atoms in total. The number of hydrogen-bond donors (Lipinski definition) is 1. The lowest BCUT2D eigenvalue weighted by molar-refractivity contribution is 0.102. The fourth-order valence-corrected chi connectivity index (χ4v) is 2.86. The molecule has 0 unspecified atom stereocenters. The Morgan fingerprint density at radius 2 is 1.68 bits per heavy atom. The van der Waals surface area contributed by atoms with Gasteiger partial charge in [0.25, 0.3) is 5.91 Å². The molecule has 0 heterocycles. The van der Waals surface area contributed by atoms with Crippen molar-refractivity contribution in [2.45, 2.75) is 0 Å². The normalized spacial score (nSPS) is 10.2. The lowest BCUT2D eigenvalue weighted by atomic mass is 10.2. The van der Waals surface area contributed by atoms with Crippen LogP contribution in [0.1, 0.15) is 10.4 Å². The van der Waals surface area contributed by atoms with Crippen LogP contribution in [0.2, 0.25) is 5.02 Å². The minimum Gasteiger partial charge on any atom is -0.409 e. The molecule has 0 atom stereocenters. The number of nitrogens with one attached hydrogen (secondary N) is 1. The maximum Gasteiger partial charge on any atom is 0.419 e. The second-order valence-electron chi connectivity index (χ2n) is 5.86. The molecule has 1 N–H and O–H groups in total. The first-order chi connectivity index (χ1) is 13.4. The van der Waals surface area contributed by atoms with E-state index in [-0.39, 0.29) is 11.3 Å². The molecule has 0 spiro atoms. The number of rotatable bonds is 4. The van der Waals surface area contributed by atoms with Crippen molar-refractivity contribution in [3.8, 4) is 5.75 Å². The molecule has 0 saturated carbocycles. The molecule has 3 rings (SSSR count). The van der Waals surface area contributed by atoms with E-state index in [1.165, 1.54) is 17.0 Å². The Hall–Kier alpha value is -2.83. The molecule has 0 saturated heterocycles. The predicted octanol–water partition coefficient (Wildman–Crippen LogP) is 5.99. The highest BCUT2D eigenvalue weighted by atomic mass is 79.9. The van der Waals surface area contributed by atoms with Crippen molar-refractivity contribution < 1.29 is 14.3 Å². The van der Waals surface area contributed by atoms with Crippen molar-refractivity contribution >= 4 is 50.9 Å². The number of nitrogens with zero attached hydrogens (tertiary/aromatic N) is 1. The molecule has 0 bridgehead atoms. The standard InChI is InChI=1S/C21H16BrClN2O3/c1-25(17-5-3-2-4-6-17)21(27)28-19-12-9-15(23)13-18(19)20(26)24-16-10-7-14(22)8-11-16/h2-13H,1H3,(H,24,26). The van der Waals surface area contributed by atoms with Crippen LogP contribution in [0.25, 0.3) is 0 Å². The largest absolute Gasteiger partial charge is 0.419 e. The monoisotopic (exact) mass is 458 g/mol. The molecule has 142 valence electrons. The van der Waals surface area contributed by atoms with Crippen LogP contribution in [-0.4, -0.2) is 19.0 Å². The number of anilines is 2. The van der Waals surface area contributed by atoms with Crippen molar-refractivity contribution in [1.82, 2.24) is 0 Å². The lowest BCUT2D eigenvalue weighted by Gasteiger charge is -2.18. The predicted molar refractivity (Wildman–Crippen MR) is 114 cm³/mol. The molecule has 3 aromatic carbocycles. The Balaban J connectivity index is 1.81. The summed E-state index contributed by atoms with van der Waals surface area (Å²) in [5, 5.41) is 3.12. The first kappa shape index (κ1) is 19.9. The molecule has 0 aliphatic heterocycles. The van der Waals surface area contributed by atoms with Gasteiger partial charge in [-0.05, 0) is 54.6 Å². The van der Waals surface area contributed by atoms with Gasteiger partial charge in [-0.15, -0.1) is 0 Å². The summed E-state index contributed by atoms with van der Waals surface area (Å²) in [5.74, 6) is -0.318. The number of hydrogen-bond acceptors (Lipinski definition) is 3. The highest BCUT2D eigenvalue weighted by Crippen LogP contribution is 2.26. The number of carbonyl (C=O) groups excluding carboxylic acids is 2. The van der Waals surface area contributed by atoms with Crippen LogP contribution in [0.15, 0.2) is 77.3 Å². The van der Waals surface area contributed by atoms with E-state index in [2.05, 4.69) is 21.2 Å². The number of para-hydroxylation sites is 1. The van der Waals surface area contributed by atoms with Gasteiger partial charge in [0.2, 0.25) is 0 Å². The Bertz CT molecular complexity index is 994. The topological polar surface area (TPSA) is 58.6 Å². The summed E-state index contributed by atoms with van der Waals surface area (Å²) in [7, 11) is 1.59. The third-order valence-electron chi connectivity index (χ3n) is 3.90. The highest BCUT2D eigenvalue weighted by molar-refractivity contribution is 9.10. The minimum absolute atomic E-state index is 0.117. The second-order valence-corrected chi connectivity index (χ2v) is 7.22. The quantitative estimate of drug-likeness (QED) is 0.521. The van der Waals surface area contributed by atoms with Crippen molar-refractivity contribution in [2.24, 2.45) is 0 Å². The summed E-state index contributed by atoms with van der Waals surface area (Å²) in [6, 6.07) is 20.7. The molecule has 0 aliphatic carbocycles. The maximum absolute atomic E-state index is 12.7. The number of benzene rings is 3. The number of ether oxygens (including phenoxy) is 1. The molecule has 0 fully saturated rings. The van der Waals surface area contributed by atoms with Crippen LogP contribution in [-0.2, 0) is 0 Å². The smallest absolute Gasteiger partial charge is 0.409 e. The van der Waals surface area contributed by atoms with Gasteiger partial charge in [0, 0.05) is 27.9 Å². The number of amides is 2. The van der Waals surface area contributed by atoms with E-state index in [0.717, 1.165) is 4.47 Å². The number of carbonyl (C=O) groups is 2. The molecule has 0 radical (unpaired) electrons. The van der Waals surface area contributed by atoms with E-state index in [4.69, 9.17) is 16.3 Å². The summed E-state index contributed by atoms with van der Waals surface area (Å²) in [4.78, 5) is 26.6. The second kappa shape index (κ2) is 8.91. The lowest BCUT2D eigenvalue weighted by Crippen LogP contribution is -2.30. The van der Waals surface area contributed by atoms with E-state index in [1.54, 1.807) is 37.4 Å². The summed E-state index contributed by atoms with van der Waals surface area (Å²) in [5.41, 5.74) is 1.43. The summed E-state index contributed by atoms with van der Waals surface area (Å²) in [6.45, 7) is 0. The third kappa shape index (κ3) is 4.91. The summed E-state index contributed by atoms with van der Waals surface area (Å²) in [6.07, 6.45) is -0.619. The third-order valence-corrected chi connectivity index (χ3v) is 4.67. The molecular formula is C21H16BrClN2O3. The summed E-state index contributed by atoms with van der Waals surface area (Å²) < 4.78 is 6.35. The zero-order valence-electron chi connectivity index (χ0n) is 14.9. The van der Waals surface area contributed by atoms with Crippen molar-refractivity contribution in [3.63, 3.8) is 0 Å². The Labute approximate surface area is 176 Å². The van der Waals surface area contributed by atoms with E-state index >= 15 is 0 Å². The molecule has 28 heavy (non-hydrogen) atoms. The van der Waals surface area contributed by atoms with Crippen molar-refractivity contribution in [3.05, 3.63) is 87.9 Å². The van der Waals surface area contributed by atoms with Gasteiger partial charge in [-0.2, -0.15) is 0 Å². The Kier molecular flexibility index (Phi) is 6.34. The van der Waals surface area contributed by atoms with Gasteiger partial charge in [0.15, 0.2) is 0 Å². The van der Waals surface area contributed by atoms with Gasteiger partial charge in [0.1, 0.15) is 5.75 Å². The highest BCUT2D eigenvalue weighted by Gasteiger charge is 2.19. The van der Waals surface area contributed by atoms with Crippen LogP contribution >= 0.6 is 27.5 Å². The van der Waals surface area contributed by atoms with E-state index in [1.807, 2.05) is 30.3 Å². The van der Waals surface area contributed by atoms with Crippen LogP contribution in [0.4, 0.5) is 16.2 Å². The minimum atomic E-state index is -0.619. The van der Waals surface area contributed by atoms with E-state index < -0.39 is 12.0 Å². The summed E-state index contributed by atoms with van der Waals surface area (Å²) >= 11 is 9.39. The van der Waals surface area contributed by atoms with Crippen molar-refractivity contribution in [2.75, 3.05) is 17.3 Å². The van der Waals surface area contributed by atoms with Gasteiger partial charge in [0.05, 0.1) is 5.56 Å². The molecular weight excluding hydrogens is 444 g/mol. The van der Waals surface area contributed by atoms with Gasteiger partial charge in [-0.3, -0.25) is 9.69 Å². The molecule has 7 heteroatoms. The fraction of sp³-hybridized carbons (Fsp3) is 0.0476. The van der Waals surface area contributed by atoms with E-state index in [0.29, 0.717) is 16.4 Å². The number of halogens is 2. The molecule has 0 aliphatic rings. The molecule has 3 aromatic rings. The Morgan fingerprint density at radius 1 is 1.00 bits per heavy atom. The maximum atomic E-state index is 12.7. The molecule has 0 aromatic heterocycles. The van der Waals surface area contributed by atoms with Gasteiger partial charge >= 0.3 is 6.09 Å². The van der Waals surface area contributed by atoms with Crippen LogP contribution in [0.5, 0.6) is 5.75 Å². The van der Waals surface area contributed by atoms with Crippen LogP contribution in [0.3, 0.4) is 0 Å². The van der Waals surface area contributed by atoms with Crippen LogP contribution < -0.4 is 15.0 Å². The average molecular weight is 460 g/mol. The van der Waals surface area contributed by atoms with Gasteiger partial charge < -0.3 is 10.1 Å². The fourth-order valence-electron chi connectivity index (χ4n) is 2.42. The van der Waals surface area contributed by atoms with Crippen molar-refractivity contribution in [1.29, 1.82) is 0 Å². The molecule has 2 amide bonds. The Morgan fingerprint density at radius 3 is 2.36 bits per heavy atom. The first-order valence-corrected chi connectivity index (χ1v) is 9.48. The van der Waals surface area contributed by atoms with Gasteiger partial charge in [-0.1, -0.05) is 45.7 Å². The zero-order valence-corrected chi connectivity index (χ0v) is 17.2. The van der Waals surface area contributed by atoms with E-state index in [9.17, 15) is 9.59 Å². The van der Waals surface area contributed by atoms with Gasteiger partial charge in [-0.25, -0.2) is 4.79 Å².